The molecule has 0 aliphatic heterocycles. The third kappa shape index (κ3) is 19.1. The summed E-state index contributed by atoms with van der Waals surface area (Å²) in [6, 6.07) is 14.1. The molecule has 3 aromatic carbocycles. The molecule has 5 rings (SSSR count). The van der Waals surface area contributed by atoms with Crippen LogP contribution in [0, 0.1) is 13.8 Å². The molecule has 0 saturated carbocycles. The highest BCUT2D eigenvalue weighted by Crippen LogP contribution is 2.25. The number of phenols is 4. The average Bonchev–Trinajstić information content (AvgIpc) is 3.88. The number of aromatic nitrogens is 2. The summed E-state index contributed by atoms with van der Waals surface area (Å²) in [5.74, 6) is -4.60. The highest BCUT2D eigenvalue weighted by atomic mass is 32.1. The van der Waals surface area contributed by atoms with Crippen LogP contribution in [0.3, 0.4) is 0 Å². The first kappa shape index (κ1) is 57.3. The fourth-order valence-electron chi connectivity index (χ4n) is 6.27. The van der Waals surface area contributed by atoms with Gasteiger partial charge < -0.3 is 66.5 Å². The van der Waals surface area contributed by atoms with Gasteiger partial charge >= 0.3 is 18.0 Å². The van der Waals surface area contributed by atoms with E-state index in [1.165, 1.54) is 6.07 Å². The number of carbonyl (C=O) groups is 8. The number of phenolic OH excluding ortho intramolecular Hbond substituents is 4. The number of hydrogen-bond acceptors (Lipinski definition) is 19. The van der Waals surface area contributed by atoms with Crippen molar-refractivity contribution in [2.75, 3.05) is 37.9 Å². The third-order valence-electron chi connectivity index (χ3n) is 9.66. The van der Waals surface area contributed by atoms with Gasteiger partial charge in [-0.25, -0.2) is 24.4 Å². The number of hydrogen-bond donors (Lipinski definition) is 10. The number of benzene rings is 3. The molecule has 0 fully saturated rings. The van der Waals surface area contributed by atoms with Gasteiger partial charge in [0.05, 0.1) is 32.2 Å². The summed E-state index contributed by atoms with van der Waals surface area (Å²) >= 11 is 1.87. The van der Waals surface area contributed by atoms with Crippen LogP contribution in [0.1, 0.15) is 85.8 Å². The molecule has 0 spiro atoms. The van der Waals surface area contributed by atoms with Crippen molar-refractivity contribution in [2.24, 2.45) is 0 Å². The Morgan fingerprint density at radius 2 is 1.01 bits per heavy atom. The second kappa shape index (κ2) is 26.8. The summed E-state index contributed by atoms with van der Waals surface area (Å²) < 4.78 is 14.6. The van der Waals surface area contributed by atoms with E-state index in [9.17, 15) is 58.8 Å². The molecule has 390 valence electrons. The van der Waals surface area contributed by atoms with Crippen molar-refractivity contribution in [2.45, 2.75) is 78.0 Å². The minimum atomic E-state index is -1.26. The number of alkyl carbamates (subject to hydrolysis) is 1. The molecule has 0 bridgehead atoms. The second-order valence-corrected chi connectivity index (χ2v) is 18.7. The number of nitrogens with one attached hydrogen (secondary N) is 6. The third-order valence-corrected chi connectivity index (χ3v) is 11.8. The van der Waals surface area contributed by atoms with Crippen LogP contribution in [0.5, 0.6) is 23.0 Å². The Morgan fingerprint density at radius 3 is 1.41 bits per heavy atom. The standard InChI is InChI=1S/C25H26N4O8S.C23H30N4O7S/c1-13-21(38-25(27-13)29-20(33)7-6-14-4-3-5-16(30)8-14)23(35)28-19(24(36)37-2)12-26-22(34)15-9-17(31)11-18(32)10-15;1-13-18(19(30)26-16(20(31)33-5)12-24-22(32)34-23(2,3)4)35-21(25-13)27-17(29)10-9-14-7-6-8-15(28)11-14/h3-5,8-11,19,30-32H,6-7,12H2,1-2H3,(H,26,34)(H,28,35)(H,27,29,33);6-8,11,16,28H,9-10,12H2,1-5H3,(H,24,32)(H,26,30)(H,25,27,29)/t19-;16-/m00/s1. The zero-order valence-electron chi connectivity index (χ0n) is 40.7. The Balaban J connectivity index is 0.000000318. The van der Waals surface area contributed by atoms with Gasteiger partial charge in [0, 0.05) is 31.0 Å². The van der Waals surface area contributed by atoms with Crippen LogP contribution in [0.15, 0.2) is 66.7 Å². The molecular formula is C48H56N8O15S2. The predicted molar refractivity (Wildman–Crippen MR) is 267 cm³/mol. The normalized spacial score (nSPS) is 11.5. The van der Waals surface area contributed by atoms with Crippen molar-refractivity contribution >= 4 is 80.5 Å². The van der Waals surface area contributed by atoms with Crippen molar-refractivity contribution in [1.29, 1.82) is 0 Å². The van der Waals surface area contributed by atoms with Gasteiger partial charge in [0.2, 0.25) is 11.8 Å². The molecule has 6 amide bonds. The Hall–Kier alpha value is -8.32. The molecule has 10 N–H and O–H groups in total. The maximum atomic E-state index is 12.9. The van der Waals surface area contributed by atoms with Crippen LogP contribution < -0.4 is 31.9 Å². The number of aromatic hydroxyl groups is 4. The van der Waals surface area contributed by atoms with Gasteiger partial charge in [-0.05, 0) is 95.0 Å². The summed E-state index contributed by atoms with van der Waals surface area (Å²) in [5.41, 5.74) is 1.50. The zero-order valence-corrected chi connectivity index (χ0v) is 42.4. The summed E-state index contributed by atoms with van der Waals surface area (Å²) in [6.45, 7) is 7.66. The summed E-state index contributed by atoms with van der Waals surface area (Å²) in [6.07, 6.45) is 0.357. The molecule has 25 heteroatoms. The first-order chi connectivity index (χ1) is 34.4. The van der Waals surface area contributed by atoms with Gasteiger partial charge in [-0.2, -0.15) is 0 Å². The minimum absolute atomic E-state index is 0.0554. The van der Waals surface area contributed by atoms with Crippen molar-refractivity contribution in [3.8, 4) is 23.0 Å². The highest BCUT2D eigenvalue weighted by Gasteiger charge is 2.28. The van der Waals surface area contributed by atoms with E-state index in [-0.39, 0.29) is 86.3 Å². The van der Waals surface area contributed by atoms with Gasteiger partial charge in [0.25, 0.3) is 17.7 Å². The van der Waals surface area contributed by atoms with Gasteiger partial charge in [-0.3, -0.25) is 24.0 Å². The van der Waals surface area contributed by atoms with E-state index in [0.29, 0.717) is 24.2 Å². The molecule has 2 aromatic heterocycles. The molecule has 2 atom stereocenters. The SMILES string of the molecule is COC(=O)[C@H](CNC(=O)OC(C)(C)C)NC(=O)c1sc(NC(=O)CCc2cccc(O)c2)nc1C.COC(=O)[C@H](CNC(=O)c1cc(O)cc(O)c1)NC(=O)c1sc(NC(=O)CCc2cccc(O)c2)nc1C. The highest BCUT2D eigenvalue weighted by molar-refractivity contribution is 7.18. The molecule has 73 heavy (non-hydrogen) atoms. The van der Waals surface area contributed by atoms with E-state index in [2.05, 4.69) is 41.9 Å². The van der Waals surface area contributed by atoms with Crippen LogP contribution in [-0.2, 0) is 46.2 Å². The monoisotopic (exact) mass is 1050 g/mol. The molecule has 5 aromatic rings. The maximum Gasteiger partial charge on any atom is 0.407 e. The van der Waals surface area contributed by atoms with Gasteiger partial charge in [-0.15, -0.1) is 0 Å². The van der Waals surface area contributed by atoms with Crippen molar-refractivity contribution < 1.29 is 73.0 Å². The second-order valence-electron chi connectivity index (χ2n) is 16.7. The molecule has 0 radical (unpaired) electrons. The molecular weight excluding hydrogens is 993 g/mol. The first-order valence-electron chi connectivity index (χ1n) is 22.1. The van der Waals surface area contributed by atoms with Crippen molar-refractivity contribution in [3.63, 3.8) is 0 Å². The van der Waals surface area contributed by atoms with Gasteiger partial charge in [-0.1, -0.05) is 46.9 Å². The molecule has 0 unspecified atom stereocenters. The van der Waals surface area contributed by atoms with E-state index in [4.69, 9.17) is 14.2 Å². The van der Waals surface area contributed by atoms with E-state index in [0.717, 1.165) is 66.2 Å². The maximum absolute atomic E-state index is 12.9. The van der Waals surface area contributed by atoms with Crippen LogP contribution in [0.25, 0.3) is 0 Å². The van der Waals surface area contributed by atoms with Crippen LogP contribution in [-0.4, -0.2) is 123 Å². The molecule has 0 aliphatic rings. The average molecular weight is 1050 g/mol. The van der Waals surface area contributed by atoms with E-state index < -0.39 is 53.4 Å². The lowest BCUT2D eigenvalue weighted by Gasteiger charge is -2.21. The fraction of sp³-hybridized carbons (Fsp3) is 0.333. The van der Waals surface area contributed by atoms with E-state index in [1.54, 1.807) is 77.1 Å². The number of esters is 2. The predicted octanol–water partition coefficient (Wildman–Crippen LogP) is 4.37. The Kier molecular flexibility index (Phi) is 21.0. The number of carbonyl (C=O) groups excluding carboxylic acids is 8. The number of ether oxygens (including phenoxy) is 3. The molecule has 0 aliphatic carbocycles. The fourth-order valence-corrected chi connectivity index (χ4v) is 8.04. The quantitative estimate of drug-likeness (QED) is 0.0405. The number of aryl methyl sites for hydroxylation is 4. The van der Waals surface area contributed by atoms with Crippen molar-refractivity contribution in [3.05, 3.63) is 105 Å². The smallest absolute Gasteiger partial charge is 0.407 e. The van der Waals surface area contributed by atoms with Crippen molar-refractivity contribution in [1.82, 2.24) is 31.2 Å². The van der Waals surface area contributed by atoms with Crippen LogP contribution in [0.4, 0.5) is 15.1 Å². The topological polar surface area (TPSA) is 343 Å². The Morgan fingerprint density at radius 1 is 0.589 bits per heavy atom. The lowest BCUT2D eigenvalue weighted by Crippen LogP contribution is -2.49. The van der Waals surface area contributed by atoms with Crippen LogP contribution >= 0.6 is 22.7 Å². The number of amides is 6. The zero-order chi connectivity index (χ0) is 54.0. The number of nitrogens with zero attached hydrogens (tertiary/aromatic N) is 2. The summed E-state index contributed by atoms with van der Waals surface area (Å²) in [4.78, 5) is 108. The lowest BCUT2D eigenvalue weighted by atomic mass is 10.1. The summed E-state index contributed by atoms with van der Waals surface area (Å²) in [5, 5.41) is 53.7. The van der Waals surface area contributed by atoms with Crippen LogP contribution in [0.2, 0.25) is 0 Å². The summed E-state index contributed by atoms with van der Waals surface area (Å²) in [7, 11) is 2.29. The molecule has 23 nitrogen and oxygen atoms in total. The number of thiazole rings is 2. The lowest BCUT2D eigenvalue weighted by molar-refractivity contribution is -0.143. The number of rotatable bonds is 19. The van der Waals surface area contributed by atoms with Gasteiger partial charge in [0.15, 0.2) is 10.3 Å². The molecule has 0 saturated heterocycles. The largest absolute Gasteiger partial charge is 0.508 e. The minimum Gasteiger partial charge on any atom is -0.508 e. The van der Waals surface area contributed by atoms with Gasteiger partial charge in [0.1, 0.15) is 50.4 Å². The number of anilines is 2. The molecule has 2 heterocycles. The number of methoxy groups -OCH3 is 2. The Labute approximate surface area is 426 Å². The first-order valence-corrected chi connectivity index (χ1v) is 23.7. The Bertz CT molecular complexity index is 2790. The van der Waals surface area contributed by atoms with E-state index >= 15 is 0 Å². The van der Waals surface area contributed by atoms with E-state index in [1.807, 2.05) is 0 Å².